The van der Waals surface area contributed by atoms with E-state index in [0.717, 1.165) is 6.42 Å². The minimum atomic E-state index is -0.539. The molecule has 0 heterocycles. The summed E-state index contributed by atoms with van der Waals surface area (Å²) in [4.78, 5) is 12.3. The van der Waals surface area contributed by atoms with Gasteiger partial charge in [0.25, 0.3) is 5.91 Å². The van der Waals surface area contributed by atoms with Crippen molar-refractivity contribution in [3.05, 3.63) is 64.7 Å². The van der Waals surface area contributed by atoms with Crippen LogP contribution < -0.4 is 10.1 Å². The molecule has 1 amide bonds. The third-order valence-corrected chi connectivity index (χ3v) is 4.44. The first-order valence-electron chi connectivity index (χ1n) is 8.79. The summed E-state index contributed by atoms with van der Waals surface area (Å²) in [5.74, 6) is 0.956. The third-order valence-electron chi connectivity index (χ3n) is 4.13. The van der Waals surface area contributed by atoms with Crippen molar-refractivity contribution in [3.63, 3.8) is 0 Å². The Kier molecular flexibility index (Phi) is 7.32. The summed E-state index contributed by atoms with van der Waals surface area (Å²) in [7, 11) is 0. The van der Waals surface area contributed by atoms with E-state index in [9.17, 15) is 4.79 Å². The zero-order chi connectivity index (χ0) is 18.2. The van der Waals surface area contributed by atoms with Crippen molar-refractivity contribution in [3.8, 4) is 5.75 Å². The van der Waals surface area contributed by atoms with Crippen LogP contribution in [0.5, 0.6) is 5.75 Å². The second kappa shape index (κ2) is 9.47. The van der Waals surface area contributed by atoms with E-state index in [1.165, 1.54) is 11.1 Å². The molecule has 0 spiro atoms. The molecule has 1 atom stereocenters. The quantitative estimate of drug-likeness (QED) is 0.721. The molecule has 2 aromatic carbocycles. The monoisotopic (exact) mass is 359 g/mol. The Morgan fingerprint density at radius 3 is 2.40 bits per heavy atom. The summed E-state index contributed by atoms with van der Waals surface area (Å²) in [5.41, 5.74) is 2.54. The highest BCUT2D eigenvalue weighted by atomic mass is 35.5. The van der Waals surface area contributed by atoms with Gasteiger partial charge in [0.2, 0.25) is 0 Å². The highest BCUT2D eigenvalue weighted by Crippen LogP contribution is 2.24. The van der Waals surface area contributed by atoms with E-state index in [1.807, 2.05) is 19.1 Å². The average molecular weight is 360 g/mol. The fraction of sp³-hybridized carbons (Fsp3) is 0.381. The number of halogens is 1. The molecule has 3 nitrogen and oxygen atoms in total. The highest BCUT2D eigenvalue weighted by molar-refractivity contribution is 6.32. The van der Waals surface area contributed by atoms with Crippen LogP contribution in [0.1, 0.15) is 44.2 Å². The van der Waals surface area contributed by atoms with Gasteiger partial charge in [-0.3, -0.25) is 4.79 Å². The SMILES string of the molecule is CC[C@H](Oc1ccccc1Cl)C(=O)NCCc1ccc(C(C)C)cc1. The number of hydrogen-bond donors (Lipinski definition) is 1. The minimum absolute atomic E-state index is 0.110. The Hall–Kier alpha value is -2.00. The Bertz CT molecular complexity index is 683. The fourth-order valence-electron chi connectivity index (χ4n) is 2.53. The third kappa shape index (κ3) is 5.79. The topological polar surface area (TPSA) is 38.3 Å². The smallest absolute Gasteiger partial charge is 0.261 e. The van der Waals surface area contributed by atoms with Gasteiger partial charge in [-0.05, 0) is 42.0 Å². The van der Waals surface area contributed by atoms with Gasteiger partial charge in [-0.15, -0.1) is 0 Å². The molecule has 0 unspecified atom stereocenters. The number of hydrogen-bond acceptors (Lipinski definition) is 2. The molecule has 25 heavy (non-hydrogen) atoms. The Balaban J connectivity index is 1.84. The van der Waals surface area contributed by atoms with Gasteiger partial charge in [0.1, 0.15) is 5.75 Å². The molecule has 0 aliphatic rings. The Morgan fingerprint density at radius 1 is 1.12 bits per heavy atom. The van der Waals surface area contributed by atoms with E-state index in [0.29, 0.717) is 29.7 Å². The van der Waals surface area contributed by atoms with Gasteiger partial charge in [0.15, 0.2) is 6.10 Å². The molecular formula is C21H26ClNO2. The number of nitrogens with one attached hydrogen (secondary N) is 1. The number of para-hydroxylation sites is 1. The van der Waals surface area contributed by atoms with Gasteiger partial charge in [0.05, 0.1) is 5.02 Å². The van der Waals surface area contributed by atoms with Gasteiger partial charge >= 0.3 is 0 Å². The van der Waals surface area contributed by atoms with E-state index >= 15 is 0 Å². The lowest BCUT2D eigenvalue weighted by Crippen LogP contribution is -2.39. The van der Waals surface area contributed by atoms with E-state index in [4.69, 9.17) is 16.3 Å². The fourth-order valence-corrected chi connectivity index (χ4v) is 2.71. The van der Waals surface area contributed by atoms with Crippen LogP contribution in [0.15, 0.2) is 48.5 Å². The summed E-state index contributed by atoms with van der Waals surface area (Å²) < 4.78 is 5.76. The molecule has 0 saturated carbocycles. The molecule has 0 bridgehead atoms. The summed E-state index contributed by atoms with van der Waals surface area (Å²) in [6.07, 6.45) is 0.843. The number of benzene rings is 2. The van der Waals surface area contributed by atoms with Crippen LogP contribution in [0.4, 0.5) is 0 Å². The van der Waals surface area contributed by atoms with Gasteiger partial charge in [-0.25, -0.2) is 0 Å². The van der Waals surface area contributed by atoms with Gasteiger partial charge in [-0.2, -0.15) is 0 Å². The zero-order valence-corrected chi connectivity index (χ0v) is 15.8. The molecule has 4 heteroatoms. The first-order chi connectivity index (χ1) is 12.0. The summed E-state index contributed by atoms with van der Waals surface area (Å²) >= 11 is 6.09. The van der Waals surface area contributed by atoms with E-state index in [1.54, 1.807) is 12.1 Å². The number of rotatable bonds is 8. The number of carbonyl (C=O) groups is 1. The summed E-state index contributed by atoms with van der Waals surface area (Å²) in [5, 5.41) is 3.47. The molecule has 0 radical (unpaired) electrons. The number of amides is 1. The summed E-state index contributed by atoms with van der Waals surface area (Å²) in [6.45, 7) is 6.87. The van der Waals surface area contributed by atoms with Gasteiger partial charge in [-0.1, -0.05) is 68.8 Å². The van der Waals surface area contributed by atoms with E-state index in [2.05, 4.69) is 43.4 Å². The molecular weight excluding hydrogens is 334 g/mol. The predicted octanol–water partition coefficient (Wildman–Crippen LogP) is 4.98. The van der Waals surface area contributed by atoms with Crippen LogP contribution in [0.25, 0.3) is 0 Å². The second-order valence-electron chi connectivity index (χ2n) is 6.38. The van der Waals surface area contributed by atoms with Crippen molar-refractivity contribution >= 4 is 17.5 Å². The Morgan fingerprint density at radius 2 is 1.80 bits per heavy atom. The van der Waals surface area contributed by atoms with Crippen LogP contribution in [-0.4, -0.2) is 18.6 Å². The Labute approximate surface area is 155 Å². The predicted molar refractivity (Wildman–Crippen MR) is 103 cm³/mol. The summed E-state index contributed by atoms with van der Waals surface area (Å²) in [6, 6.07) is 15.7. The standard InChI is InChI=1S/C21H26ClNO2/c1-4-19(25-20-8-6-5-7-18(20)22)21(24)23-14-13-16-9-11-17(12-10-16)15(2)3/h5-12,15,19H,4,13-14H2,1-3H3,(H,23,24)/t19-/m0/s1. The van der Waals surface area contributed by atoms with Crippen LogP contribution in [0.3, 0.4) is 0 Å². The average Bonchev–Trinajstić information content (AvgIpc) is 2.61. The van der Waals surface area contributed by atoms with Gasteiger partial charge in [0, 0.05) is 6.54 Å². The van der Waals surface area contributed by atoms with E-state index < -0.39 is 6.10 Å². The molecule has 134 valence electrons. The lowest BCUT2D eigenvalue weighted by molar-refractivity contribution is -0.128. The zero-order valence-electron chi connectivity index (χ0n) is 15.1. The molecule has 0 saturated heterocycles. The van der Waals surface area contributed by atoms with E-state index in [-0.39, 0.29) is 5.91 Å². The molecule has 1 N–H and O–H groups in total. The van der Waals surface area contributed by atoms with Crippen LogP contribution in [-0.2, 0) is 11.2 Å². The lowest BCUT2D eigenvalue weighted by atomic mass is 10.0. The van der Waals surface area contributed by atoms with Crippen molar-refractivity contribution in [2.45, 2.75) is 45.6 Å². The van der Waals surface area contributed by atoms with Crippen molar-refractivity contribution in [2.24, 2.45) is 0 Å². The largest absolute Gasteiger partial charge is 0.479 e. The second-order valence-corrected chi connectivity index (χ2v) is 6.79. The lowest BCUT2D eigenvalue weighted by Gasteiger charge is -2.18. The molecule has 0 aliphatic carbocycles. The van der Waals surface area contributed by atoms with Crippen molar-refractivity contribution in [1.82, 2.24) is 5.32 Å². The minimum Gasteiger partial charge on any atom is -0.479 e. The molecule has 2 aromatic rings. The van der Waals surface area contributed by atoms with Crippen LogP contribution >= 0.6 is 11.6 Å². The van der Waals surface area contributed by atoms with Crippen molar-refractivity contribution in [2.75, 3.05) is 6.54 Å². The maximum Gasteiger partial charge on any atom is 0.261 e. The number of ether oxygens (including phenoxy) is 1. The molecule has 0 aromatic heterocycles. The normalized spacial score (nSPS) is 12.0. The molecule has 0 fully saturated rings. The van der Waals surface area contributed by atoms with Crippen LogP contribution in [0.2, 0.25) is 5.02 Å². The van der Waals surface area contributed by atoms with Crippen LogP contribution in [0, 0.1) is 0 Å². The molecule has 2 rings (SSSR count). The first-order valence-corrected chi connectivity index (χ1v) is 9.16. The maximum atomic E-state index is 12.3. The number of carbonyl (C=O) groups excluding carboxylic acids is 1. The molecule has 0 aliphatic heterocycles. The van der Waals surface area contributed by atoms with Crippen molar-refractivity contribution in [1.29, 1.82) is 0 Å². The first kappa shape index (κ1) is 19.3. The highest BCUT2D eigenvalue weighted by Gasteiger charge is 2.18. The van der Waals surface area contributed by atoms with Crippen molar-refractivity contribution < 1.29 is 9.53 Å². The maximum absolute atomic E-state index is 12.3. The van der Waals surface area contributed by atoms with Gasteiger partial charge < -0.3 is 10.1 Å².